The molecule has 0 saturated heterocycles. The summed E-state index contributed by atoms with van der Waals surface area (Å²) in [5.74, 6) is 0. The van der Waals surface area contributed by atoms with Gasteiger partial charge < -0.3 is 24.8 Å². The van der Waals surface area contributed by atoms with Gasteiger partial charge in [-0.2, -0.15) is 6.07 Å². The van der Waals surface area contributed by atoms with Crippen LogP contribution in [0.3, 0.4) is 0 Å². The molecule has 0 aromatic heterocycles. The summed E-state index contributed by atoms with van der Waals surface area (Å²) in [6, 6.07) is 49.9. The normalized spacial score (nSPS) is 10.1. The van der Waals surface area contributed by atoms with Crippen LogP contribution in [0.5, 0.6) is 0 Å². The van der Waals surface area contributed by atoms with Gasteiger partial charge in [-0.15, -0.1) is 68.6 Å². The maximum Gasteiger partial charge on any atom is -0.0259 e. The quantitative estimate of drug-likeness (QED) is 0.159. The first-order valence-corrected chi connectivity index (χ1v) is 21.0. The average Bonchev–Trinajstić information content (AvgIpc) is 3.62. The second kappa shape index (κ2) is 17.1. The van der Waals surface area contributed by atoms with Crippen LogP contribution in [-0.4, -0.2) is 5.43 Å². The smallest absolute Gasteiger partial charge is 0.0259 e. The van der Waals surface area contributed by atoms with Gasteiger partial charge in [0, 0.05) is 0 Å². The number of halogens is 2. The molecule has 0 aliphatic carbocycles. The Morgan fingerprint density at radius 1 is 0.511 bits per heavy atom. The van der Waals surface area contributed by atoms with Crippen molar-refractivity contribution in [1.29, 1.82) is 0 Å². The first-order chi connectivity index (χ1) is 20.8. The van der Waals surface area contributed by atoms with Crippen LogP contribution in [0.25, 0.3) is 54.9 Å². The van der Waals surface area contributed by atoms with Gasteiger partial charge in [0.25, 0.3) is 0 Å². The van der Waals surface area contributed by atoms with Crippen molar-refractivity contribution in [2.24, 2.45) is 0 Å². The molecule has 0 spiro atoms. The second-order valence-corrected chi connectivity index (χ2v) is 20.8. The van der Waals surface area contributed by atoms with Gasteiger partial charge in [0.1, 0.15) is 0 Å². The Labute approximate surface area is 296 Å². The van der Waals surface area contributed by atoms with E-state index < -0.39 is 0 Å². The van der Waals surface area contributed by atoms with E-state index in [4.69, 9.17) is 0 Å². The number of hydrogen-bond acceptors (Lipinski definition) is 0. The zero-order chi connectivity index (χ0) is 30.3. The predicted octanol–water partition coefficient (Wildman–Crippen LogP) is 5.84. The van der Waals surface area contributed by atoms with Gasteiger partial charge in [0.05, 0.1) is 0 Å². The van der Waals surface area contributed by atoms with Gasteiger partial charge in [0.15, 0.2) is 0 Å². The molecule has 0 heterocycles. The minimum absolute atomic E-state index is 0. The minimum Gasteiger partial charge on any atom is -1.00 e. The van der Waals surface area contributed by atoms with Crippen molar-refractivity contribution < 1.29 is 48.1 Å². The Balaban J connectivity index is 0.000000216. The zero-order valence-corrected chi connectivity index (χ0v) is 31.5. The summed E-state index contributed by atoms with van der Waals surface area (Å²) >= 11 is 1.74. The van der Waals surface area contributed by atoms with Crippen molar-refractivity contribution in [1.82, 2.24) is 0 Å². The summed E-state index contributed by atoms with van der Waals surface area (Å²) in [5.41, 5.74) is 12.0. The summed E-state index contributed by atoms with van der Waals surface area (Å²) in [4.78, 5) is 0. The van der Waals surface area contributed by atoms with Gasteiger partial charge in [0.2, 0.25) is 0 Å². The second-order valence-electron chi connectivity index (χ2n) is 11.4. The van der Waals surface area contributed by atoms with Crippen molar-refractivity contribution in [2.75, 3.05) is 0 Å². The van der Waals surface area contributed by atoms with Crippen molar-refractivity contribution in [3.63, 3.8) is 0 Å². The monoisotopic (exact) mass is 718 g/mol. The molecule has 7 aromatic carbocycles. The zero-order valence-electron chi connectivity index (χ0n) is 26.5. The number of benzene rings is 5. The van der Waals surface area contributed by atoms with Gasteiger partial charge in [-0.25, -0.2) is 0 Å². The van der Waals surface area contributed by atoms with Crippen molar-refractivity contribution >= 4 is 27.0 Å². The van der Waals surface area contributed by atoms with E-state index in [0.29, 0.717) is 0 Å². The fourth-order valence-electron chi connectivity index (χ4n) is 5.62. The van der Waals surface area contributed by atoms with E-state index in [1.54, 1.807) is 23.3 Å². The molecule has 0 nitrogen and oxygen atoms in total. The fourth-order valence-corrected chi connectivity index (χ4v) is 5.62. The van der Waals surface area contributed by atoms with E-state index in [9.17, 15) is 0 Å². The maximum absolute atomic E-state index is 2.32. The van der Waals surface area contributed by atoms with Crippen molar-refractivity contribution in [3.05, 3.63) is 156 Å². The first kappa shape index (κ1) is 36.5. The molecule has 0 fully saturated rings. The van der Waals surface area contributed by atoms with E-state index in [2.05, 4.69) is 173 Å². The molecule has 0 saturated carbocycles. The Morgan fingerprint density at radius 2 is 1.04 bits per heavy atom. The van der Waals surface area contributed by atoms with E-state index in [1.807, 2.05) is 0 Å². The van der Waals surface area contributed by atoms with Crippen LogP contribution in [0, 0.1) is 20.8 Å². The summed E-state index contributed by atoms with van der Waals surface area (Å²) in [7, 11) is 0. The molecular weight excluding hydrogens is 683 g/mol. The number of rotatable bonds is 3. The maximum atomic E-state index is 2.32. The SMILES string of the molecule is C[Si](C)=[Zr+2].Cc1cc2c(-c3ccccc3)ccc(C)c2[cH-]1.Cc1ccccc1-c1cc2c(-c3ccccc3)cccc2[cH-]1.[Cl-].[Cl-]. The molecule has 0 bridgehead atoms. The topological polar surface area (TPSA) is 0 Å². The van der Waals surface area contributed by atoms with Crippen LogP contribution in [0.15, 0.2) is 140 Å². The Hall–Kier alpha value is -3.00. The Morgan fingerprint density at radius 3 is 1.64 bits per heavy atom. The van der Waals surface area contributed by atoms with Gasteiger partial charge in [-0.05, 0) is 18.1 Å². The van der Waals surface area contributed by atoms with Gasteiger partial charge in [-0.3, -0.25) is 0 Å². The third-order valence-electron chi connectivity index (χ3n) is 7.63. The molecule has 0 aliphatic heterocycles. The Bertz CT molecular complexity index is 1980. The van der Waals surface area contributed by atoms with E-state index >= 15 is 0 Å². The molecule has 226 valence electrons. The molecule has 7 aromatic rings. The fraction of sp³-hybridized carbons (Fsp3) is 0.122. The third kappa shape index (κ3) is 9.05. The summed E-state index contributed by atoms with van der Waals surface area (Å²) in [5, 5.41) is 5.38. The van der Waals surface area contributed by atoms with Crippen molar-refractivity contribution in [3.8, 4) is 33.4 Å². The van der Waals surface area contributed by atoms with E-state index in [1.165, 1.54) is 71.6 Å². The van der Waals surface area contributed by atoms with E-state index in [-0.39, 0.29) is 30.2 Å². The molecule has 45 heavy (non-hydrogen) atoms. The third-order valence-corrected chi connectivity index (χ3v) is 7.63. The number of aryl methyl sites for hydroxylation is 3. The average molecular weight is 721 g/mol. The van der Waals surface area contributed by atoms with Crippen LogP contribution < -0.4 is 24.8 Å². The Kier molecular flexibility index (Phi) is 13.8. The molecule has 0 unspecified atom stereocenters. The molecule has 7 rings (SSSR count). The van der Waals surface area contributed by atoms with Crippen molar-refractivity contribution in [2.45, 2.75) is 33.9 Å². The number of hydrogen-bond donors (Lipinski definition) is 0. The van der Waals surface area contributed by atoms with Crippen LogP contribution in [0.1, 0.15) is 16.7 Å². The summed E-state index contributed by atoms with van der Waals surface area (Å²) < 4.78 is 0. The van der Waals surface area contributed by atoms with E-state index in [0.717, 1.165) is 0 Å². The number of fused-ring (bicyclic) bond motifs is 2. The molecule has 4 heteroatoms. The largest absolute Gasteiger partial charge is 1.00 e. The van der Waals surface area contributed by atoms with Gasteiger partial charge >= 0.3 is 41.9 Å². The minimum atomic E-state index is 0. The summed E-state index contributed by atoms with van der Waals surface area (Å²) in [6.07, 6.45) is 0. The van der Waals surface area contributed by atoms with Crippen LogP contribution in [0.2, 0.25) is 13.1 Å². The molecule has 0 amide bonds. The summed E-state index contributed by atoms with van der Waals surface area (Å²) in [6.45, 7) is 11.1. The predicted molar refractivity (Wildman–Crippen MR) is 187 cm³/mol. The molecule has 0 atom stereocenters. The molecule has 0 N–H and O–H groups in total. The van der Waals surface area contributed by atoms with Crippen LogP contribution in [0.4, 0.5) is 0 Å². The molecule has 0 radical (unpaired) electrons. The van der Waals surface area contributed by atoms with Crippen LogP contribution >= 0.6 is 0 Å². The first-order valence-electron chi connectivity index (χ1n) is 14.9. The molecule has 0 aliphatic rings. The van der Waals surface area contributed by atoms with Crippen LogP contribution in [-0.2, 0) is 23.3 Å². The standard InChI is InChI=1S/C22H17.C17H15.C2H6Si.2ClH.Zr/c1-16-8-5-6-12-20(16)19-14-18-11-7-13-21(22(18)15-19)17-9-3-2-4-10-17;1-12-10-16-13(2)8-9-15(17(16)11-12)14-6-4-3-5-7-14;1-3-2;;;/h2-15H,1H3;3-11H,1-2H3;1-2H3;2*1H;/q2*-1;;;;+2/p-2. The van der Waals surface area contributed by atoms with Gasteiger partial charge in [-0.1, -0.05) is 139 Å². The molecular formula is C41H38Cl2SiZr-2.